The summed E-state index contributed by atoms with van der Waals surface area (Å²) >= 11 is 0. The lowest BCUT2D eigenvalue weighted by atomic mass is 9.90. The molecule has 2 heterocycles. The summed E-state index contributed by atoms with van der Waals surface area (Å²) in [6.45, 7) is 2.76. The topological polar surface area (TPSA) is 95.6 Å². The van der Waals surface area contributed by atoms with Gasteiger partial charge in [0.1, 0.15) is 0 Å². The van der Waals surface area contributed by atoms with Crippen LogP contribution in [0.1, 0.15) is 26.2 Å². The van der Waals surface area contributed by atoms with Crippen LogP contribution in [0.2, 0.25) is 0 Å². The zero-order valence-electron chi connectivity index (χ0n) is 8.99. The molecule has 0 aromatic carbocycles. The minimum atomic E-state index is -0.515. The van der Waals surface area contributed by atoms with Crippen molar-refractivity contribution in [3.63, 3.8) is 0 Å². The first-order valence-electron chi connectivity index (χ1n) is 5.01. The lowest BCUT2D eigenvalue weighted by Crippen LogP contribution is -2.54. The maximum atomic E-state index is 11.9. The van der Waals surface area contributed by atoms with Crippen LogP contribution in [0.5, 0.6) is 0 Å². The van der Waals surface area contributed by atoms with Gasteiger partial charge in [0, 0.05) is 0 Å². The summed E-state index contributed by atoms with van der Waals surface area (Å²) in [5.41, 5.74) is -0.515. The molecule has 1 aromatic heterocycles. The molecule has 1 aliphatic rings. The molecule has 0 radical (unpaired) electrons. The third-order valence-electron chi connectivity index (χ3n) is 2.69. The van der Waals surface area contributed by atoms with Crippen molar-refractivity contribution in [3.05, 3.63) is 0 Å². The SMILES string of the molecule is CC1(C(=O)Nc2nn[nH]n2)CCCCN1.Cl. The Bertz CT molecular complexity index is 334. The molecule has 0 bridgehead atoms. The Morgan fingerprint density at radius 1 is 1.50 bits per heavy atom. The summed E-state index contributed by atoms with van der Waals surface area (Å²) in [7, 11) is 0. The second-order valence-electron chi connectivity index (χ2n) is 3.91. The number of aromatic amines is 1. The number of rotatable bonds is 2. The number of hydrogen-bond acceptors (Lipinski definition) is 5. The van der Waals surface area contributed by atoms with Crippen molar-refractivity contribution >= 4 is 24.3 Å². The number of nitrogens with zero attached hydrogens (tertiary/aromatic N) is 3. The van der Waals surface area contributed by atoms with Gasteiger partial charge in [0.15, 0.2) is 0 Å². The Balaban J connectivity index is 0.00000128. The van der Waals surface area contributed by atoms with Crippen molar-refractivity contribution < 1.29 is 4.79 Å². The fourth-order valence-corrected chi connectivity index (χ4v) is 1.70. The molecule has 1 amide bonds. The molecule has 0 spiro atoms. The molecular formula is C8H15ClN6O. The second-order valence-corrected chi connectivity index (χ2v) is 3.91. The summed E-state index contributed by atoms with van der Waals surface area (Å²) < 4.78 is 0. The number of tetrazole rings is 1. The first kappa shape index (κ1) is 12.9. The van der Waals surface area contributed by atoms with Gasteiger partial charge in [-0.05, 0) is 37.9 Å². The van der Waals surface area contributed by atoms with Crippen LogP contribution in [0.3, 0.4) is 0 Å². The molecule has 2 rings (SSSR count). The molecule has 8 heteroatoms. The maximum Gasteiger partial charge on any atom is 0.269 e. The number of amides is 1. The summed E-state index contributed by atoms with van der Waals surface area (Å²) in [6.07, 6.45) is 3.00. The average Bonchev–Trinajstić information content (AvgIpc) is 2.71. The molecule has 1 atom stereocenters. The van der Waals surface area contributed by atoms with Gasteiger partial charge in [-0.1, -0.05) is 5.10 Å². The number of carbonyl (C=O) groups is 1. The predicted molar refractivity (Wildman–Crippen MR) is 60.3 cm³/mol. The monoisotopic (exact) mass is 246 g/mol. The molecular weight excluding hydrogens is 232 g/mol. The number of halogens is 1. The lowest BCUT2D eigenvalue weighted by molar-refractivity contribution is -0.122. The maximum absolute atomic E-state index is 11.9. The third-order valence-corrected chi connectivity index (χ3v) is 2.69. The minimum absolute atomic E-state index is 0. The Hall–Kier alpha value is -1.21. The Kier molecular flexibility index (Phi) is 4.19. The zero-order valence-corrected chi connectivity index (χ0v) is 9.80. The third kappa shape index (κ3) is 2.67. The van der Waals surface area contributed by atoms with E-state index in [1.165, 1.54) is 0 Å². The summed E-state index contributed by atoms with van der Waals surface area (Å²) in [6, 6.07) is 0. The summed E-state index contributed by atoms with van der Waals surface area (Å²) in [5.74, 6) is 0.109. The number of hydrogen-bond donors (Lipinski definition) is 3. The van der Waals surface area contributed by atoms with Crippen LogP contribution in [0, 0.1) is 0 Å². The van der Waals surface area contributed by atoms with Gasteiger partial charge in [-0.25, -0.2) is 0 Å². The van der Waals surface area contributed by atoms with Gasteiger partial charge < -0.3 is 5.32 Å². The standard InChI is InChI=1S/C8H14N6O.ClH/c1-8(4-2-3-5-9-8)6(15)10-7-11-13-14-12-7;/h9H,2-5H2,1H3,(H2,10,11,12,13,14,15);1H. The highest BCUT2D eigenvalue weighted by atomic mass is 35.5. The van der Waals surface area contributed by atoms with E-state index in [4.69, 9.17) is 0 Å². The molecule has 0 saturated carbocycles. The number of H-pyrrole nitrogens is 1. The number of anilines is 1. The largest absolute Gasteiger partial charge is 0.304 e. The van der Waals surface area contributed by atoms with Crippen molar-refractivity contribution in [2.45, 2.75) is 31.7 Å². The average molecular weight is 247 g/mol. The van der Waals surface area contributed by atoms with Gasteiger partial charge in [0.25, 0.3) is 5.95 Å². The Morgan fingerprint density at radius 3 is 2.88 bits per heavy atom. The van der Waals surface area contributed by atoms with Crippen LogP contribution in [-0.2, 0) is 4.79 Å². The highest BCUT2D eigenvalue weighted by Gasteiger charge is 2.34. The fourth-order valence-electron chi connectivity index (χ4n) is 1.70. The zero-order chi connectivity index (χ0) is 10.7. The molecule has 1 fully saturated rings. The van der Waals surface area contributed by atoms with Crippen molar-refractivity contribution in [1.82, 2.24) is 25.9 Å². The van der Waals surface area contributed by atoms with Crippen LogP contribution in [0.25, 0.3) is 0 Å². The molecule has 16 heavy (non-hydrogen) atoms. The quantitative estimate of drug-likeness (QED) is 0.688. The van der Waals surface area contributed by atoms with Gasteiger partial charge in [-0.3, -0.25) is 10.1 Å². The van der Waals surface area contributed by atoms with Crippen LogP contribution >= 0.6 is 12.4 Å². The van der Waals surface area contributed by atoms with Crippen molar-refractivity contribution in [2.75, 3.05) is 11.9 Å². The van der Waals surface area contributed by atoms with Gasteiger partial charge in [0.2, 0.25) is 5.91 Å². The number of carbonyl (C=O) groups excluding carboxylic acids is 1. The summed E-state index contributed by atoms with van der Waals surface area (Å²) in [5, 5.41) is 18.8. The van der Waals surface area contributed by atoms with Crippen LogP contribution in [0.4, 0.5) is 5.95 Å². The summed E-state index contributed by atoms with van der Waals surface area (Å²) in [4.78, 5) is 11.9. The van der Waals surface area contributed by atoms with Gasteiger partial charge in [-0.2, -0.15) is 5.21 Å². The van der Waals surface area contributed by atoms with E-state index < -0.39 is 5.54 Å². The number of piperidine rings is 1. The second kappa shape index (κ2) is 5.22. The van der Waals surface area contributed by atoms with E-state index in [1.54, 1.807) is 0 Å². The molecule has 1 unspecified atom stereocenters. The Morgan fingerprint density at radius 2 is 2.31 bits per heavy atom. The van der Waals surface area contributed by atoms with E-state index in [9.17, 15) is 4.79 Å². The highest BCUT2D eigenvalue weighted by molar-refractivity contribution is 5.96. The van der Waals surface area contributed by atoms with Crippen molar-refractivity contribution in [3.8, 4) is 0 Å². The first-order valence-corrected chi connectivity index (χ1v) is 5.01. The van der Waals surface area contributed by atoms with Crippen molar-refractivity contribution in [1.29, 1.82) is 0 Å². The Labute approximate surface area is 99.2 Å². The van der Waals surface area contributed by atoms with E-state index in [0.29, 0.717) is 0 Å². The molecule has 3 N–H and O–H groups in total. The van der Waals surface area contributed by atoms with Crippen LogP contribution < -0.4 is 10.6 Å². The molecule has 1 aliphatic heterocycles. The molecule has 1 aromatic rings. The lowest BCUT2D eigenvalue weighted by Gasteiger charge is -2.32. The smallest absolute Gasteiger partial charge is 0.269 e. The number of aromatic nitrogens is 4. The van der Waals surface area contributed by atoms with Gasteiger partial charge in [-0.15, -0.1) is 17.5 Å². The first-order chi connectivity index (χ1) is 7.21. The minimum Gasteiger partial charge on any atom is -0.304 e. The molecule has 0 aliphatic carbocycles. The van der Waals surface area contributed by atoms with E-state index in [0.717, 1.165) is 25.8 Å². The van der Waals surface area contributed by atoms with Crippen molar-refractivity contribution in [2.24, 2.45) is 0 Å². The molecule has 7 nitrogen and oxygen atoms in total. The predicted octanol–water partition coefficient (Wildman–Crippen LogP) is 0.0922. The number of nitrogens with one attached hydrogen (secondary N) is 3. The van der Waals surface area contributed by atoms with Crippen LogP contribution in [-0.4, -0.2) is 38.6 Å². The van der Waals surface area contributed by atoms with E-state index in [2.05, 4.69) is 31.3 Å². The normalized spacial score (nSPS) is 24.6. The van der Waals surface area contributed by atoms with E-state index in [1.807, 2.05) is 6.92 Å². The molecule has 90 valence electrons. The van der Waals surface area contributed by atoms with Gasteiger partial charge >= 0.3 is 0 Å². The molecule has 1 saturated heterocycles. The van der Waals surface area contributed by atoms with Crippen LogP contribution in [0.15, 0.2) is 0 Å². The van der Waals surface area contributed by atoms with E-state index >= 15 is 0 Å². The highest BCUT2D eigenvalue weighted by Crippen LogP contribution is 2.19. The van der Waals surface area contributed by atoms with Gasteiger partial charge in [0.05, 0.1) is 5.54 Å². The fraction of sp³-hybridized carbons (Fsp3) is 0.750. The van der Waals surface area contributed by atoms with E-state index in [-0.39, 0.29) is 24.3 Å².